The van der Waals surface area contributed by atoms with Crippen LogP contribution >= 0.6 is 0 Å². The van der Waals surface area contributed by atoms with Crippen LogP contribution in [0.2, 0.25) is 0 Å². The monoisotopic (exact) mass is 678 g/mol. The van der Waals surface area contributed by atoms with Crippen molar-refractivity contribution in [3.63, 3.8) is 0 Å². The number of carbonyl (C=O) groups is 1. The zero-order valence-corrected chi connectivity index (χ0v) is 26.4. The minimum atomic E-state index is -5.16. The Morgan fingerprint density at radius 1 is 0.745 bits per heavy atom. The van der Waals surface area contributed by atoms with E-state index in [1.807, 2.05) is 13.8 Å². The van der Waals surface area contributed by atoms with Gasteiger partial charge in [0, 0.05) is 24.7 Å². The van der Waals surface area contributed by atoms with Crippen LogP contribution in [0.15, 0.2) is 54.6 Å². The minimum Gasteiger partial charge on any atom is -0.496 e. The Kier molecular flexibility index (Phi) is 10.9. The molecule has 1 unspecified atom stereocenters. The molecule has 5 nitrogen and oxygen atoms in total. The van der Waals surface area contributed by atoms with Gasteiger partial charge in [0.25, 0.3) is 0 Å². The average Bonchev–Trinajstić information content (AvgIpc) is 2.93. The molecule has 0 saturated carbocycles. The van der Waals surface area contributed by atoms with Crippen LogP contribution in [-0.2, 0) is 29.8 Å². The maximum Gasteiger partial charge on any atom is 0.416 e. The molecule has 3 rings (SSSR count). The maximum absolute atomic E-state index is 13.9. The molecule has 0 spiro atoms. The van der Waals surface area contributed by atoms with Gasteiger partial charge in [-0.15, -0.1) is 0 Å². The van der Waals surface area contributed by atoms with Crippen molar-refractivity contribution in [3.05, 3.63) is 88.0 Å². The predicted octanol–water partition coefficient (Wildman–Crippen LogP) is 9.98. The third kappa shape index (κ3) is 9.78. The van der Waals surface area contributed by atoms with Gasteiger partial charge in [-0.05, 0) is 91.4 Å². The lowest BCUT2D eigenvalue weighted by molar-refractivity contribution is -0.143. The van der Waals surface area contributed by atoms with Crippen LogP contribution in [0.5, 0.6) is 5.75 Å². The molecule has 0 aliphatic heterocycles. The second-order valence-electron chi connectivity index (χ2n) is 12.3. The Morgan fingerprint density at radius 3 is 1.77 bits per heavy atom. The quantitative estimate of drug-likeness (QED) is 0.241. The van der Waals surface area contributed by atoms with Crippen molar-refractivity contribution in [2.45, 2.75) is 77.3 Å². The standard InChI is InChI=1S/C33H35F9N2O3/c1-18(2)19-7-10-28(46-6)26(14-19)25-9-8-22(31(34,35)36)13-21(25)16-44(29(45)47-30(3,4)5)17-27(43)20-11-23(32(37,38)39)15-24(12-20)33(40,41)42/h7-15,18,27H,16-17,43H2,1-6H3. The lowest BCUT2D eigenvalue weighted by Gasteiger charge is -2.30. The van der Waals surface area contributed by atoms with Crippen molar-refractivity contribution >= 4 is 6.09 Å². The highest BCUT2D eigenvalue weighted by Gasteiger charge is 2.38. The smallest absolute Gasteiger partial charge is 0.416 e. The summed E-state index contributed by atoms with van der Waals surface area (Å²) >= 11 is 0. The Labute approximate surface area is 266 Å². The summed E-state index contributed by atoms with van der Waals surface area (Å²) in [4.78, 5) is 14.3. The Bertz CT molecular complexity index is 1540. The molecule has 1 atom stereocenters. The number of methoxy groups -OCH3 is 1. The second-order valence-corrected chi connectivity index (χ2v) is 12.3. The highest BCUT2D eigenvalue weighted by atomic mass is 19.4. The van der Waals surface area contributed by atoms with E-state index >= 15 is 0 Å². The number of nitrogens with zero attached hydrogens (tertiary/aromatic N) is 1. The molecule has 0 heterocycles. The zero-order valence-electron chi connectivity index (χ0n) is 26.4. The highest BCUT2D eigenvalue weighted by Crippen LogP contribution is 2.40. The van der Waals surface area contributed by atoms with Gasteiger partial charge in [0.1, 0.15) is 11.4 Å². The second kappa shape index (κ2) is 13.7. The Hall–Kier alpha value is -3.94. The Morgan fingerprint density at radius 2 is 1.30 bits per heavy atom. The average molecular weight is 679 g/mol. The van der Waals surface area contributed by atoms with E-state index in [0.29, 0.717) is 23.4 Å². The van der Waals surface area contributed by atoms with E-state index in [9.17, 15) is 44.3 Å². The van der Waals surface area contributed by atoms with Crippen LogP contribution in [0.4, 0.5) is 44.3 Å². The lowest BCUT2D eigenvalue weighted by Crippen LogP contribution is -2.40. The van der Waals surface area contributed by atoms with Gasteiger partial charge in [-0.1, -0.05) is 26.0 Å². The molecular formula is C33H35F9N2O3. The molecule has 0 fully saturated rings. The van der Waals surface area contributed by atoms with Crippen molar-refractivity contribution in [1.82, 2.24) is 4.90 Å². The summed E-state index contributed by atoms with van der Waals surface area (Å²) in [7, 11) is 1.37. The number of hydrogen-bond acceptors (Lipinski definition) is 4. The number of rotatable bonds is 8. The summed E-state index contributed by atoms with van der Waals surface area (Å²) in [6, 6.07) is 7.18. The normalized spacial score (nSPS) is 13.5. The van der Waals surface area contributed by atoms with Gasteiger partial charge in [0.05, 0.1) is 23.8 Å². The van der Waals surface area contributed by atoms with Crippen molar-refractivity contribution in [3.8, 4) is 16.9 Å². The van der Waals surface area contributed by atoms with E-state index in [0.717, 1.165) is 22.6 Å². The molecular weight excluding hydrogens is 643 g/mol. The van der Waals surface area contributed by atoms with E-state index in [1.165, 1.54) is 33.9 Å². The number of nitrogens with two attached hydrogens (primary N) is 1. The molecule has 1 amide bonds. The molecule has 47 heavy (non-hydrogen) atoms. The summed E-state index contributed by atoms with van der Waals surface area (Å²) in [6.45, 7) is 7.00. The van der Waals surface area contributed by atoms with Gasteiger partial charge in [-0.3, -0.25) is 0 Å². The topological polar surface area (TPSA) is 64.8 Å². The summed E-state index contributed by atoms with van der Waals surface area (Å²) < 4.78 is 134. The van der Waals surface area contributed by atoms with Gasteiger partial charge >= 0.3 is 24.6 Å². The maximum atomic E-state index is 13.9. The summed E-state index contributed by atoms with van der Waals surface area (Å²) in [5.41, 5.74) is 1.51. The lowest BCUT2D eigenvalue weighted by atomic mass is 9.92. The Balaban J connectivity index is 2.21. The van der Waals surface area contributed by atoms with Gasteiger partial charge in [-0.25, -0.2) is 4.79 Å². The van der Waals surface area contributed by atoms with E-state index in [4.69, 9.17) is 15.2 Å². The zero-order chi connectivity index (χ0) is 35.7. The third-order valence-electron chi connectivity index (χ3n) is 7.08. The molecule has 258 valence electrons. The number of carbonyl (C=O) groups excluding carboxylic acids is 1. The molecule has 0 aliphatic rings. The molecule has 0 bridgehead atoms. The van der Waals surface area contributed by atoms with E-state index in [1.54, 1.807) is 18.2 Å². The number of alkyl halides is 9. The third-order valence-corrected chi connectivity index (χ3v) is 7.08. The first-order valence-electron chi connectivity index (χ1n) is 14.3. The molecule has 0 radical (unpaired) electrons. The first kappa shape index (κ1) is 37.5. The van der Waals surface area contributed by atoms with Crippen molar-refractivity contribution in [2.24, 2.45) is 5.73 Å². The van der Waals surface area contributed by atoms with Gasteiger partial charge in [-0.2, -0.15) is 39.5 Å². The number of halogens is 9. The fourth-order valence-corrected chi connectivity index (χ4v) is 4.73. The minimum absolute atomic E-state index is 0.0165. The molecule has 0 aliphatic carbocycles. The SMILES string of the molecule is COc1ccc(C(C)C)cc1-c1ccc(C(F)(F)F)cc1CN(CC(N)c1cc(C(F)(F)F)cc(C(F)(F)F)c1)C(=O)OC(C)(C)C. The first-order chi connectivity index (χ1) is 21.4. The molecule has 0 saturated heterocycles. The summed E-state index contributed by atoms with van der Waals surface area (Å²) in [5, 5.41) is 0. The van der Waals surface area contributed by atoms with Crippen LogP contribution in [0.1, 0.15) is 80.0 Å². The predicted molar refractivity (Wildman–Crippen MR) is 158 cm³/mol. The van der Waals surface area contributed by atoms with Crippen molar-refractivity contribution in [2.75, 3.05) is 13.7 Å². The number of benzene rings is 3. The van der Waals surface area contributed by atoms with E-state index < -0.39 is 71.6 Å². The molecule has 2 N–H and O–H groups in total. The number of amides is 1. The van der Waals surface area contributed by atoms with Crippen LogP contribution in [0.25, 0.3) is 11.1 Å². The van der Waals surface area contributed by atoms with Crippen molar-refractivity contribution < 1.29 is 53.8 Å². The van der Waals surface area contributed by atoms with Crippen LogP contribution in [0.3, 0.4) is 0 Å². The largest absolute Gasteiger partial charge is 0.496 e. The summed E-state index contributed by atoms with van der Waals surface area (Å²) in [6.07, 6.45) is -16.2. The molecule has 3 aromatic carbocycles. The number of ether oxygens (including phenoxy) is 2. The van der Waals surface area contributed by atoms with Crippen LogP contribution in [0, 0.1) is 0 Å². The van der Waals surface area contributed by atoms with E-state index in [-0.39, 0.29) is 23.1 Å². The fraction of sp³-hybridized carbons (Fsp3) is 0.424. The van der Waals surface area contributed by atoms with E-state index in [2.05, 4.69) is 0 Å². The molecule has 0 aromatic heterocycles. The van der Waals surface area contributed by atoms with Gasteiger partial charge in [0.15, 0.2) is 0 Å². The van der Waals surface area contributed by atoms with Crippen molar-refractivity contribution in [1.29, 1.82) is 0 Å². The van der Waals surface area contributed by atoms with Crippen LogP contribution < -0.4 is 10.5 Å². The highest BCUT2D eigenvalue weighted by molar-refractivity contribution is 5.76. The van der Waals surface area contributed by atoms with Crippen LogP contribution in [-0.4, -0.2) is 30.2 Å². The molecule has 3 aromatic rings. The fourth-order valence-electron chi connectivity index (χ4n) is 4.73. The van der Waals surface area contributed by atoms with Gasteiger partial charge < -0.3 is 20.1 Å². The number of hydrogen-bond donors (Lipinski definition) is 1. The molecule has 14 heteroatoms. The van der Waals surface area contributed by atoms with Gasteiger partial charge in [0.2, 0.25) is 0 Å². The first-order valence-corrected chi connectivity index (χ1v) is 14.3. The summed E-state index contributed by atoms with van der Waals surface area (Å²) in [5.74, 6) is 0.322.